The van der Waals surface area contributed by atoms with Crippen LogP contribution < -0.4 is 0 Å². The summed E-state index contributed by atoms with van der Waals surface area (Å²) in [6.45, 7) is 4.92. The smallest absolute Gasteiger partial charge is 0.330 e. The van der Waals surface area contributed by atoms with E-state index in [4.69, 9.17) is 4.74 Å². The Balaban J connectivity index is 3.81. The maximum absolute atomic E-state index is 11.0. The number of ether oxygens (including phenoxy) is 2. The summed E-state index contributed by atoms with van der Waals surface area (Å²) >= 11 is 0. The van der Waals surface area contributed by atoms with Crippen LogP contribution in [0.4, 0.5) is 0 Å². The third kappa shape index (κ3) is 7.00. The molecule has 0 saturated heterocycles. The molecule has 0 unspecified atom stereocenters. The molecular weight excluding hydrogens is 210 g/mol. The summed E-state index contributed by atoms with van der Waals surface area (Å²) in [7, 11) is 5.30. The summed E-state index contributed by atoms with van der Waals surface area (Å²) < 4.78 is 10.0. The second kappa shape index (κ2) is 7.00. The minimum atomic E-state index is -0.423. The molecule has 0 aliphatic rings. The van der Waals surface area contributed by atoms with Gasteiger partial charge in [-0.15, -0.1) is 0 Å². The zero-order valence-corrected chi connectivity index (χ0v) is 10.2. The van der Waals surface area contributed by atoms with Crippen LogP contribution in [0.3, 0.4) is 0 Å². The Hall–Kier alpha value is -1.36. The van der Waals surface area contributed by atoms with Gasteiger partial charge in [0.25, 0.3) is 0 Å². The Morgan fingerprint density at radius 1 is 1.31 bits per heavy atom. The van der Waals surface area contributed by atoms with Crippen LogP contribution in [-0.4, -0.2) is 57.3 Å². The molecule has 16 heavy (non-hydrogen) atoms. The van der Waals surface area contributed by atoms with Crippen molar-refractivity contribution in [2.45, 2.75) is 6.42 Å². The number of esters is 2. The fourth-order valence-electron chi connectivity index (χ4n) is 1.06. The fraction of sp³-hybridized carbons (Fsp3) is 0.636. The first-order valence-electron chi connectivity index (χ1n) is 5.09. The van der Waals surface area contributed by atoms with E-state index < -0.39 is 5.97 Å². The standard InChI is InChI=1S/C11H20NO4/c1-5-10(13)16-9-8-12(2,3)7-6-11(14)15-4/h5H,1,6-9H2,2-4H3/q+1. The molecule has 0 aromatic carbocycles. The van der Waals surface area contributed by atoms with E-state index in [0.717, 1.165) is 6.08 Å². The lowest BCUT2D eigenvalue weighted by Crippen LogP contribution is -2.44. The molecule has 0 saturated carbocycles. The number of likely N-dealkylation sites (N-methyl/N-ethyl adjacent to an activating group) is 1. The summed E-state index contributed by atoms with van der Waals surface area (Å²) in [5.74, 6) is -0.651. The largest absolute Gasteiger partial charge is 0.469 e. The molecule has 0 heterocycles. The summed E-state index contributed by atoms with van der Waals surface area (Å²) in [5, 5.41) is 0. The first kappa shape index (κ1) is 14.6. The average molecular weight is 230 g/mol. The van der Waals surface area contributed by atoms with E-state index in [1.807, 2.05) is 14.1 Å². The van der Waals surface area contributed by atoms with Crippen LogP contribution in [0.1, 0.15) is 6.42 Å². The Labute approximate surface area is 96.2 Å². The van der Waals surface area contributed by atoms with Gasteiger partial charge in [0.2, 0.25) is 0 Å². The Kier molecular flexibility index (Phi) is 6.41. The highest BCUT2D eigenvalue weighted by molar-refractivity contribution is 5.81. The van der Waals surface area contributed by atoms with Gasteiger partial charge in [-0.2, -0.15) is 0 Å². The molecule has 0 radical (unpaired) electrons. The van der Waals surface area contributed by atoms with Crippen molar-refractivity contribution in [1.82, 2.24) is 0 Å². The summed E-state index contributed by atoms with van der Waals surface area (Å²) in [4.78, 5) is 21.7. The van der Waals surface area contributed by atoms with Crippen molar-refractivity contribution in [2.24, 2.45) is 0 Å². The Bertz CT molecular complexity index is 261. The minimum absolute atomic E-state index is 0.228. The van der Waals surface area contributed by atoms with Crippen LogP contribution in [-0.2, 0) is 19.1 Å². The van der Waals surface area contributed by atoms with Crippen LogP contribution in [0.15, 0.2) is 12.7 Å². The highest BCUT2D eigenvalue weighted by atomic mass is 16.5. The Morgan fingerprint density at radius 3 is 2.44 bits per heavy atom. The summed E-state index contributed by atoms with van der Waals surface area (Å²) in [6, 6.07) is 0. The summed E-state index contributed by atoms with van der Waals surface area (Å²) in [5.41, 5.74) is 0. The monoisotopic (exact) mass is 230 g/mol. The maximum atomic E-state index is 11.0. The van der Waals surface area contributed by atoms with E-state index in [-0.39, 0.29) is 5.97 Å². The molecule has 5 nitrogen and oxygen atoms in total. The van der Waals surface area contributed by atoms with Gasteiger partial charge in [-0.3, -0.25) is 4.79 Å². The molecule has 5 heteroatoms. The molecule has 0 aliphatic heterocycles. The predicted octanol–water partition coefficient (Wildman–Crippen LogP) is 0.355. The van der Waals surface area contributed by atoms with Gasteiger partial charge >= 0.3 is 11.9 Å². The molecule has 0 bridgehead atoms. The van der Waals surface area contributed by atoms with E-state index in [1.165, 1.54) is 7.11 Å². The lowest BCUT2D eigenvalue weighted by Gasteiger charge is -2.28. The van der Waals surface area contributed by atoms with E-state index in [2.05, 4.69) is 11.3 Å². The number of hydrogen-bond donors (Lipinski definition) is 0. The van der Waals surface area contributed by atoms with Crippen LogP contribution in [0.25, 0.3) is 0 Å². The van der Waals surface area contributed by atoms with Gasteiger partial charge in [-0.1, -0.05) is 6.58 Å². The first-order valence-corrected chi connectivity index (χ1v) is 5.09. The number of quaternary nitrogens is 1. The van der Waals surface area contributed by atoms with E-state index in [9.17, 15) is 9.59 Å². The van der Waals surface area contributed by atoms with Gasteiger partial charge in [0.1, 0.15) is 13.2 Å². The predicted molar refractivity (Wildman–Crippen MR) is 59.6 cm³/mol. The Morgan fingerprint density at radius 2 is 1.94 bits per heavy atom. The zero-order chi connectivity index (χ0) is 12.6. The molecule has 0 fully saturated rings. The van der Waals surface area contributed by atoms with Crippen LogP contribution in [0.5, 0.6) is 0 Å². The van der Waals surface area contributed by atoms with Crippen molar-refractivity contribution in [2.75, 3.05) is 40.9 Å². The first-order chi connectivity index (χ1) is 7.41. The quantitative estimate of drug-likeness (QED) is 0.360. The van der Waals surface area contributed by atoms with Gasteiger partial charge in [-0.25, -0.2) is 4.79 Å². The normalized spacial score (nSPS) is 10.7. The van der Waals surface area contributed by atoms with Gasteiger partial charge in [0.15, 0.2) is 0 Å². The van der Waals surface area contributed by atoms with Gasteiger partial charge in [0, 0.05) is 6.08 Å². The molecule has 0 spiro atoms. The zero-order valence-electron chi connectivity index (χ0n) is 10.2. The van der Waals surface area contributed by atoms with Gasteiger partial charge < -0.3 is 14.0 Å². The number of nitrogens with zero attached hydrogens (tertiary/aromatic N) is 1. The fourth-order valence-corrected chi connectivity index (χ4v) is 1.06. The van der Waals surface area contributed by atoms with Crippen LogP contribution in [0, 0.1) is 0 Å². The topological polar surface area (TPSA) is 52.6 Å². The lowest BCUT2D eigenvalue weighted by molar-refractivity contribution is -0.889. The highest BCUT2D eigenvalue weighted by Gasteiger charge is 2.17. The van der Waals surface area contributed by atoms with E-state index in [1.54, 1.807) is 0 Å². The molecule has 0 amide bonds. The second-order valence-corrected chi connectivity index (χ2v) is 4.08. The molecule has 0 aromatic heterocycles. The van der Waals surface area contributed by atoms with Gasteiger partial charge in [0.05, 0.1) is 34.2 Å². The molecular formula is C11H20NO4+. The van der Waals surface area contributed by atoms with E-state index in [0.29, 0.717) is 30.6 Å². The van der Waals surface area contributed by atoms with Crippen molar-refractivity contribution in [1.29, 1.82) is 0 Å². The lowest BCUT2D eigenvalue weighted by atomic mass is 10.3. The van der Waals surface area contributed by atoms with Crippen LogP contribution in [0.2, 0.25) is 0 Å². The van der Waals surface area contributed by atoms with Crippen molar-refractivity contribution in [3.8, 4) is 0 Å². The van der Waals surface area contributed by atoms with Gasteiger partial charge in [-0.05, 0) is 0 Å². The molecule has 0 aromatic rings. The number of methoxy groups -OCH3 is 1. The molecule has 0 N–H and O–H groups in total. The highest BCUT2D eigenvalue weighted by Crippen LogP contribution is 2.00. The summed E-state index contributed by atoms with van der Waals surface area (Å²) in [6.07, 6.45) is 1.49. The number of carbonyl (C=O) groups excluding carboxylic acids is 2. The third-order valence-corrected chi connectivity index (χ3v) is 2.26. The van der Waals surface area contributed by atoms with Crippen molar-refractivity contribution in [3.05, 3.63) is 12.7 Å². The van der Waals surface area contributed by atoms with Crippen molar-refractivity contribution < 1.29 is 23.5 Å². The molecule has 0 atom stereocenters. The van der Waals surface area contributed by atoms with Crippen molar-refractivity contribution >= 4 is 11.9 Å². The van der Waals surface area contributed by atoms with Crippen LogP contribution >= 0.6 is 0 Å². The van der Waals surface area contributed by atoms with Crippen molar-refractivity contribution in [3.63, 3.8) is 0 Å². The third-order valence-electron chi connectivity index (χ3n) is 2.26. The molecule has 0 rings (SSSR count). The number of hydrogen-bond acceptors (Lipinski definition) is 4. The number of rotatable bonds is 7. The average Bonchev–Trinajstić information content (AvgIpc) is 2.25. The molecule has 92 valence electrons. The maximum Gasteiger partial charge on any atom is 0.330 e. The second-order valence-electron chi connectivity index (χ2n) is 4.08. The van der Waals surface area contributed by atoms with E-state index >= 15 is 0 Å². The number of carbonyl (C=O) groups is 2. The SMILES string of the molecule is C=CC(=O)OCC[N+](C)(C)CCC(=O)OC. The minimum Gasteiger partial charge on any atom is -0.469 e. The molecule has 0 aliphatic carbocycles.